The van der Waals surface area contributed by atoms with E-state index in [0.29, 0.717) is 5.56 Å². The summed E-state index contributed by atoms with van der Waals surface area (Å²) in [5.74, 6) is 0.849. The number of aromatic nitrogens is 2. The lowest BCUT2D eigenvalue weighted by Crippen LogP contribution is -2.37. The van der Waals surface area contributed by atoms with Gasteiger partial charge in [-0.15, -0.1) is 0 Å². The van der Waals surface area contributed by atoms with Crippen molar-refractivity contribution in [1.29, 1.82) is 0 Å². The third-order valence-corrected chi connectivity index (χ3v) is 4.16. The third-order valence-electron chi connectivity index (χ3n) is 4.16. The Bertz CT molecular complexity index is 672. The molecule has 1 aliphatic heterocycles. The maximum Gasteiger partial charge on any atom is 0.251 e. The van der Waals surface area contributed by atoms with Crippen LogP contribution in [0.15, 0.2) is 42.9 Å². The van der Waals surface area contributed by atoms with E-state index in [1.807, 2.05) is 6.07 Å². The minimum atomic E-state index is -0.0889. The highest BCUT2D eigenvalue weighted by atomic mass is 16.5. The van der Waals surface area contributed by atoms with Crippen LogP contribution < -0.4 is 10.2 Å². The van der Waals surface area contributed by atoms with Crippen LogP contribution in [0.5, 0.6) is 0 Å². The Morgan fingerprint density at radius 2 is 2.00 bits per heavy atom. The van der Waals surface area contributed by atoms with Gasteiger partial charge in [0, 0.05) is 37.2 Å². The number of ether oxygens (including phenoxy) is 1. The Balaban J connectivity index is 1.74. The second-order valence-electron chi connectivity index (χ2n) is 5.72. The number of anilines is 1. The minimum absolute atomic E-state index is 0.0477. The number of carbonyl (C=O) groups is 1. The Kier molecular flexibility index (Phi) is 5.38. The van der Waals surface area contributed by atoms with Gasteiger partial charge in [0.15, 0.2) is 0 Å². The van der Waals surface area contributed by atoms with E-state index in [-0.39, 0.29) is 11.9 Å². The number of nitrogens with one attached hydrogen (secondary N) is 1. The van der Waals surface area contributed by atoms with E-state index in [4.69, 9.17) is 4.74 Å². The van der Waals surface area contributed by atoms with Crippen molar-refractivity contribution in [2.75, 3.05) is 31.2 Å². The lowest BCUT2D eigenvalue weighted by molar-refractivity contribution is 0.0935. The van der Waals surface area contributed by atoms with Gasteiger partial charge in [0.25, 0.3) is 5.91 Å². The van der Waals surface area contributed by atoms with Crippen LogP contribution in [0.1, 0.15) is 35.3 Å². The summed E-state index contributed by atoms with van der Waals surface area (Å²) >= 11 is 0. The first-order valence-corrected chi connectivity index (χ1v) is 8.27. The van der Waals surface area contributed by atoms with Crippen LogP contribution >= 0.6 is 0 Å². The van der Waals surface area contributed by atoms with Crippen LogP contribution in [0.2, 0.25) is 0 Å². The van der Waals surface area contributed by atoms with Gasteiger partial charge in [0.2, 0.25) is 0 Å². The monoisotopic (exact) mass is 326 g/mol. The molecule has 1 amide bonds. The molecular weight excluding hydrogens is 304 g/mol. The Morgan fingerprint density at radius 1 is 1.25 bits per heavy atom. The van der Waals surface area contributed by atoms with Crippen molar-refractivity contribution in [2.24, 2.45) is 0 Å². The first-order chi connectivity index (χ1) is 11.8. The number of rotatable bonds is 5. The molecule has 0 aliphatic carbocycles. The van der Waals surface area contributed by atoms with Crippen molar-refractivity contribution in [3.8, 4) is 0 Å². The normalized spacial score (nSPS) is 15.8. The number of hydrogen-bond acceptors (Lipinski definition) is 5. The molecule has 3 rings (SSSR count). The van der Waals surface area contributed by atoms with Crippen LogP contribution in [0.4, 0.5) is 5.82 Å². The number of carbonyl (C=O) groups excluding carboxylic acids is 1. The summed E-state index contributed by atoms with van der Waals surface area (Å²) in [6.07, 6.45) is 5.86. The second kappa shape index (κ2) is 7.88. The minimum Gasteiger partial charge on any atom is -0.378 e. The van der Waals surface area contributed by atoms with Crippen LogP contribution in [0.3, 0.4) is 0 Å². The maximum absolute atomic E-state index is 12.4. The maximum atomic E-state index is 12.4. The van der Waals surface area contributed by atoms with E-state index in [9.17, 15) is 4.79 Å². The fourth-order valence-corrected chi connectivity index (χ4v) is 2.78. The van der Waals surface area contributed by atoms with Crippen LogP contribution in [0.25, 0.3) is 0 Å². The summed E-state index contributed by atoms with van der Waals surface area (Å²) in [5.41, 5.74) is 1.68. The molecule has 0 unspecified atom stereocenters. The van der Waals surface area contributed by atoms with Gasteiger partial charge in [-0.1, -0.05) is 6.92 Å². The number of amides is 1. The van der Waals surface area contributed by atoms with Crippen molar-refractivity contribution >= 4 is 11.7 Å². The summed E-state index contributed by atoms with van der Waals surface area (Å²) in [5, 5.41) is 3.09. The predicted octanol–water partition coefficient (Wildman–Crippen LogP) is 2.19. The van der Waals surface area contributed by atoms with Crippen molar-refractivity contribution in [2.45, 2.75) is 19.4 Å². The SMILES string of the molecule is CC[C@H](NC(=O)c1ccncc1)c1ccnc(N2CCOCC2)c1. The van der Waals surface area contributed by atoms with Gasteiger partial charge in [-0.05, 0) is 36.2 Å². The van der Waals surface area contributed by atoms with Gasteiger partial charge >= 0.3 is 0 Å². The first kappa shape index (κ1) is 16.4. The molecule has 6 nitrogen and oxygen atoms in total. The fourth-order valence-electron chi connectivity index (χ4n) is 2.78. The van der Waals surface area contributed by atoms with E-state index < -0.39 is 0 Å². The van der Waals surface area contributed by atoms with Gasteiger partial charge in [0.05, 0.1) is 19.3 Å². The molecule has 0 radical (unpaired) electrons. The molecule has 24 heavy (non-hydrogen) atoms. The fraction of sp³-hybridized carbons (Fsp3) is 0.389. The van der Waals surface area contributed by atoms with E-state index >= 15 is 0 Å². The summed E-state index contributed by atoms with van der Waals surface area (Å²) in [6.45, 7) is 5.20. The van der Waals surface area contributed by atoms with E-state index in [1.54, 1.807) is 30.7 Å². The summed E-state index contributed by atoms with van der Waals surface area (Å²) in [7, 11) is 0. The topological polar surface area (TPSA) is 67.4 Å². The molecule has 2 aromatic heterocycles. The van der Waals surface area contributed by atoms with Crippen LogP contribution in [-0.2, 0) is 4.74 Å². The predicted molar refractivity (Wildman–Crippen MR) is 92.0 cm³/mol. The van der Waals surface area contributed by atoms with Gasteiger partial charge in [-0.25, -0.2) is 4.98 Å². The standard InChI is InChI=1S/C18H22N4O2/c1-2-16(21-18(23)14-3-6-19-7-4-14)15-5-8-20-17(13-15)22-9-11-24-12-10-22/h3-8,13,16H,2,9-12H2,1H3,(H,21,23)/t16-/m0/s1. The molecule has 1 aliphatic rings. The van der Waals surface area contributed by atoms with E-state index in [2.05, 4.69) is 33.2 Å². The zero-order valence-corrected chi connectivity index (χ0v) is 13.8. The molecule has 1 fully saturated rings. The molecule has 3 heterocycles. The average Bonchev–Trinajstić information content (AvgIpc) is 2.67. The third kappa shape index (κ3) is 3.89. The molecule has 0 aromatic carbocycles. The lowest BCUT2D eigenvalue weighted by atomic mass is 10.0. The molecular formula is C18H22N4O2. The Hall–Kier alpha value is -2.47. The molecule has 126 valence electrons. The van der Waals surface area contributed by atoms with Crippen LogP contribution in [-0.4, -0.2) is 42.2 Å². The van der Waals surface area contributed by atoms with Gasteiger partial charge in [0.1, 0.15) is 5.82 Å². The number of hydrogen-bond donors (Lipinski definition) is 1. The van der Waals surface area contributed by atoms with Crippen molar-refractivity contribution in [1.82, 2.24) is 15.3 Å². The molecule has 0 spiro atoms. The molecule has 0 bridgehead atoms. The molecule has 1 saturated heterocycles. The zero-order chi connectivity index (χ0) is 16.8. The Morgan fingerprint density at radius 3 is 2.71 bits per heavy atom. The molecule has 6 heteroatoms. The smallest absolute Gasteiger partial charge is 0.251 e. The van der Waals surface area contributed by atoms with Gasteiger partial charge in [-0.3, -0.25) is 9.78 Å². The highest BCUT2D eigenvalue weighted by Gasteiger charge is 2.17. The molecule has 0 saturated carbocycles. The Labute approximate surface area is 141 Å². The number of nitrogens with zero attached hydrogens (tertiary/aromatic N) is 3. The number of pyridine rings is 2. The molecule has 1 N–H and O–H groups in total. The molecule has 1 atom stereocenters. The zero-order valence-electron chi connectivity index (χ0n) is 13.8. The highest BCUT2D eigenvalue weighted by Crippen LogP contribution is 2.22. The summed E-state index contributed by atoms with van der Waals surface area (Å²) in [6, 6.07) is 7.41. The second-order valence-corrected chi connectivity index (χ2v) is 5.72. The van der Waals surface area contributed by atoms with Crippen molar-refractivity contribution in [3.05, 3.63) is 54.0 Å². The van der Waals surface area contributed by atoms with Gasteiger partial charge in [-0.2, -0.15) is 0 Å². The first-order valence-electron chi connectivity index (χ1n) is 8.27. The average molecular weight is 326 g/mol. The summed E-state index contributed by atoms with van der Waals surface area (Å²) < 4.78 is 5.39. The lowest BCUT2D eigenvalue weighted by Gasteiger charge is -2.28. The van der Waals surface area contributed by atoms with Crippen LogP contribution in [0, 0.1) is 0 Å². The largest absolute Gasteiger partial charge is 0.378 e. The number of morpholine rings is 1. The summed E-state index contributed by atoms with van der Waals surface area (Å²) in [4.78, 5) is 23.0. The van der Waals surface area contributed by atoms with Crippen molar-refractivity contribution < 1.29 is 9.53 Å². The van der Waals surface area contributed by atoms with Crippen molar-refractivity contribution in [3.63, 3.8) is 0 Å². The quantitative estimate of drug-likeness (QED) is 0.912. The highest BCUT2D eigenvalue weighted by molar-refractivity contribution is 5.94. The van der Waals surface area contributed by atoms with E-state index in [0.717, 1.165) is 44.1 Å². The van der Waals surface area contributed by atoms with Gasteiger partial charge < -0.3 is 15.0 Å². The molecule has 2 aromatic rings. The van der Waals surface area contributed by atoms with E-state index in [1.165, 1.54) is 0 Å².